The van der Waals surface area contributed by atoms with Crippen molar-refractivity contribution in [3.05, 3.63) is 81.5 Å². The number of fused-ring (bicyclic) bond motifs is 1. The molecule has 0 saturated carbocycles. The zero-order valence-corrected chi connectivity index (χ0v) is 19.6. The second-order valence-electron chi connectivity index (χ2n) is 7.88. The van der Waals surface area contributed by atoms with Gasteiger partial charge in [0.2, 0.25) is 0 Å². The van der Waals surface area contributed by atoms with E-state index in [0.29, 0.717) is 28.9 Å². The molecule has 2 aliphatic heterocycles. The predicted molar refractivity (Wildman–Crippen MR) is 128 cm³/mol. The van der Waals surface area contributed by atoms with E-state index in [0.717, 1.165) is 0 Å². The number of benzene rings is 2. The lowest BCUT2D eigenvalue weighted by Gasteiger charge is -2.49. The number of nitro benzene ring substituents is 1. The number of carbonyl (C=O) groups excluding carboxylic acids is 4. The van der Waals surface area contributed by atoms with Gasteiger partial charge in [0.15, 0.2) is 6.61 Å². The van der Waals surface area contributed by atoms with Crippen LogP contribution in [0.25, 0.3) is 0 Å². The molecule has 2 aliphatic rings. The molecule has 36 heavy (non-hydrogen) atoms. The molecular formula is C24H21N3O8S. The van der Waals surface area contributed by atoms with Crippen molar-refractivity contribution < 1.29 is 33.6 Å². The Hall–Kier alpha value is -4.19. The van der Waals surface area contributed by atoms with Crippen LogP contribution in [0.5, 0.6) is 5.75 Å². The van der Waals surface area contributed by atoms with E-state index >= 15 is 0 Å². The van der Waals surface area contributed by atoms with Crippen LogP contribution in [-0.2, 0) is 30.5 Å². The Morgan fingerprint density at radius 1 is 1.17 bits per heavy atom. The number of hydrogen-bond acceptors (Lipinski definition) is 9. The molecule has 2 atom stereocenters. The molecule has 12 heteroatoms. The third kappa shape index (κ3) is 5.38. The average molecular weight is 512 g/mol. The zero-order valence-electron chi connectivity index (χ0n) is 18.8. The van der Waals surface area contributed by atoms with E-state index in [-0.39, 0.29) is 31.0 Å². The first kappa shape index (κ1) is 24.9. The molecule has 0 bridgehead atoms. The van der Waals surface area contributed by atoms with Crippen LogP contribution in [0.1, 0.15) is 12.0 Å². The number of aldehydes is 1. The number of rotatable bonds is 10. The smallest absolute Gasteiger partial charge is 0.355 e. The second kappa shape index (κ2) is 11.0. The van der Waals surface area contributed by atoms with Crippen LogP contribution < -0.4 is 10.1 Å². The Kier molecular flexibility index (Phi) is 7.64. The van der Waals surface area contributed by atoms with E-state index < -0.39 is 34.1 Å². The summed E-state index contributed by atoms with van der Waals surface area (Å²) >= 11 is 1.33. The van der Waals surface area contributed by atoms with E-state index in [1.165, 1.54) is 40.9 Å². The second-order valence-corrected chi connectivity index (χ2v) is 8.98. The lowest BCUT2D eigenvalue weighted by molar-refractivity contribution is -0.384. The maximum absolute atomic E-state index is 12.9. The van der Waals surface area contributed by atoms with Crippen molar-refractivity contribution in [3.8, 4) is 5.75 Å². The highest BCUT2D eigenvalue weighted by Crippen LogP contribution is 2.41. The van der Waals surface area contributed by atoms with Gasteiger partial charge in [0.05, 0.1) is 4.92 Å². The lowest BCUT2D eigenvalue weighted by Crippen LogP contribution is -2.70. The molecule has 0 spiro atoms. The summed E-state index contributed by atoms with van der Waals surface area (Å²) in [6.07, 6.45) is 0.595. The van der Waals surface area contributed by atoms with Gasteiger partial charge in [-0.25, -0.2) is 4.79 Å². The molecule has 11 nitrogen and oxygen atoms in total. The lowest BCUT2D eigenvalue weighted by atomic mass is 10.0. The first-order valence-corrected chi connectivity index (χ1v) is 11.9. The van der Waals surface area contributed by atoms with Gasteiger partial charge in [0.25, 0.3) is 17.5 Å². The molecule has 1 fully saturated rings. The van der Waals surface area contributed by atoms with E-state index in [4.69, 9.17) is 9.47 Å². The van der Waals surface area contributed by atoms with Gasteiger partial charge < -0.3 is 19.6 Å². The normalized spacial score (nSPS) is 18.6. The molecule has 2 amide bonds. The minimum absolute atomic E-state index is 0.0104. The van der Waals surface area contributed by atoms with Gasteiger partial charge in [-0.3, -0.25) is 24.6 Å². The van der Waals surface area contributed by atoms with Gasteiger partial charge in [-0.2, -0.15) is 0 Å². The molecule has 1 N–H and O–H groups in total. The fraction of sp³-hybridized carbons (Fsp3) is 0.250. The van der Waals surface area contributed by atoms with Gasteiger partial charge in [-0.05, 0) is 35.4 Å². The number of thioether (sulfide) groups is 1. The fourth-order valence-electron chi connectivity index (χ4n) is 3.74. The number of nitrogens with one attached hydrogen (secondary N) is 1. The molecular weight excluding hydrogens is 490 g/mol. The highest BCUT2D eigenvalue weighted by atomic mass is 32.2. The number of β-lactam (4-membered cyclic amide) rings is 1. The van der Waals surface area contributed by atoms with Crippen LogP contribution in [0, 0.1) is 10.1 Å². The summed E-state index contributed by atoms with van der Waals surface area (Å²) in [5.74, 6) is -0.947. The largest absolute Gasteiger partial charge is 0.484 e. The molecule has 1 saturated heterocycles. The summed E-state index contributed by atoms with van der Waals surface area (Å²) < 4.78 is 10.8. The number of ether oxygens (including phenoxy) is 2. The number of amides is 2. The van der Waals surface area contributed by atoms with E-state index in [1.807, 2.05) is 6.07 Å². The Morgan fingerprint density at radius 3 is 2.56 bits per heavy atom. The third-order valence-corrected chi connectivity index (χ3v) is 6.86. The molecule has 2 aromatic rings. The summed E-state index contributed by atoms with van der Waals surface area (Å²) in [5.41, 5.74) is 0.864. The van der Waals surface area contributed by atoms with Gasteiger partial charge in [0.1, 0.15) is 35.8 Å². The number of esters is 1. The topological polar surface area (TPSA) is 145 Å². The van der Waals surface area contributed by atoms with Gasteiger partial charge >= 0.3 is 5.97 Å². The molecule has 4 rings (SSSR count). The number of hydrogen-bond donors (Lipinski definition) is 1. The van der Waals surface area contributed by atoms with Crippen molar-refractivity contribution in [2.24, 2.45) is 0 Å². The Labute approximate surface area is 209 Å². The standard InChI is InChI=1S/C24H21N3O8S/c28-11-10-16-14-36-23-20(25-19(29)13-34-18-4-2-1-3-5-18)22(30)26(23)21(16)24(31)35-12-15-6-8-17(9-7-15)27(32)33/h1-9,11,20,23H,10,12-14H2,(H,25,29). The first-order valence-electron chi connectivity index (χ1n) is 10.9. The maximum atomic E-state index is 12.9. The van der Waals surface area contributed by atoms with Crippen LogP contribution in [-0.4, -0.2) is 57.7 Å². The highest BCUT2D eigenvalue weighted by Gasteiger charge is 2.54. The van der Waals surface area contributed by atoms with Crippen molar-refractivity contribution in [1.29, 1.82) is 0 Å². The van der Waals surface area contributed by atoms with Crippen LogP contribution in [0.15, 0.2) is 65.9 Å². The Bertz CT molecular complexity index is 1220. The maximum Gasteiger partial charge on any atom is 0.355 e. The van der Waals surface area contributed by atoms with E-state index in [1.54, 1.807) is 24.3 Å². The van der Waals surface area contributed by atoms with Crippen LogP contribution in [0.2, 0.25) is 0 Å². The fourth-order valence-corrected chi connectivity index (χ4v) is 5.10. The Balaban J connectivity index is 1.40. The molecule has 2 aromatic carbocycles. The van der Waals surface area contributed by atoms with Gasteiger partial charge in [-0.15, -0.1) is 11.8 Å². The molecule has 2 unspecified atom stereocenters. The summed E-state index contributed by atoms with van der Waals surface area (Å²) in [6.45, 7) is -0.451. The van der Waals surface area contributed by atoms with Crippen molar-refractivity contribution in [3.63, 3.8) is 0 Å². The van der Waals surface area contributed by atoms with E-state index in [2.05, 4.69) is 5.32 Å². The molecule has 0 radical (unpaired) electrons. The van der Waals surface area contributed by atoms with Crippen LogP contribution in [0.4, 0.5) is 5.69 Å². The van der Waals surface area contributed by atoms with Gasteiger partial charge in [0, 0.05) is 24.3 Å². The zero-order chi connectivity index (χ0) is 25.7. The highest BCUT2D eigenvalue weighted by molar-refractivity contribution is 8.00. The number of para-hydroxylation sites is 1. The predicted octanol–water partition coefficient (Wildman–Crippen LogP) is 1.96. The number of carbonyl (C=O) groups is 4. The summed E-state index contributed by atoms with van der Waals surface area (Å²) in [6, 6.07) is 13.4. The molecule has 0 aromatic heterocycles. The first-order chi connectivity index (χ1) is 17.4. The van der Waals surface area contributed by atoms with Crippen molar-refractivity contribution in [1.82, 2.24) is 10.2 Å². The molecule has 0 aliphatic carbocycles. The quantitative estimate of drug-likeness (QED) is 0.166. The average Bonchev–Trinajstić information content (AvgIpc) is 2.89. The minimum atomic E-state index is -0.850. The number of nitrogens with zero attached hydrogens (tertiary/aromatic N) is 2. The van der Waals surface area contributed by atoms with Crippen LogP contribution in [0.3, 0.4) is 0 Å². The Morgan fingerprint density at radius 2 is 1.89 bits per heavy atom. The number of nitro groups is 1. The summed E-state index contributed by atoms with van der Waals surface area (Å²) in [5, 5.41) is 12.9. The third-order valence-electron chi connectivity index (χ3n) is 5.52. The molecule has 2 heterocycles. The van der Waals surface area contributed by atoms with E-state index in [9.17, 15) is 29.3 Å². The summed E-state index contributed by atoms with van der Waals surface area (Å²) in [7, 11) is 0. The van der Waals surface area contributed by atoms with Gasteiger partial charge in [-0.1, -0.05) is 18.2 Å². The number of non-ortho nitro benzene ring substituents is 1. The van der Waals surface area contributed by atoms with Crippen molar-refractivity contribution >= 4 is 41.5 Å². The monoisotopic (exact) mass is 511 g/mol. The van der Waals surface area contributed by atoms with Crippen LogP contribution >= 0.6 is 11.8 Å². The van der Waals surface area contributed by atoms with Crippen molar-refractivity contribution in [2.45, 2.75) is 24.4 Å². The van der Waals surface area contributed by atoms with Crippen molar-refractivity contribution in [2.75, 3.05) is 12.4 Å². The SMILES string of the molecule is O=CCC1=C(C(=O)OCc2ccc([N+](=O)[O-])cc2)N2C(=O)C(NC(=O)COc3ccccc3)C2SC1. The summed E-state index contributed by atoms with van der Waals surface area (Å²) in [4.78, 5) is 60.9. The molecule has 186 valence electrons. The minimum Gasteiger partial charge on any atom is -0.484 e.